The van der Waals surface area contributed by atoms with Crippen LogP contribution in [0.15, 0.2) is 40.0 Å². The van der Waals surface area contributed by atoms with E-state index in [-0.39, 0.29) is 18.1 Å². The van der Waals surface area contributed by atoms with Crippen LogP contribution in [0.5, 0.6) is 5.75 Å². The first-order valence-corrected chi connectivity index (χ1v) is 10.1. The van der Waals surface area contributed by atoms with Gasteiger partial charge in [0.2, 0.25) is 0 Å². The number of ether oxygens (including phenoxy) is 1. The van der Waals surface area contributed by atoms with E-state index in [1.54, 1.807) is 0 Å². The number of hydrogen-bond acceptors (Lipinski definition) is 6. The second-order valence-corrected chi connectivity index (χ2v) is 7.82. The molecule has 0 aliphatic carbocycles. The highest BCUT2D eigenvalue weighted by molar-refractivity contribution is 7.99. The molecule has 3 aromatic rings. The second kappa shape index (κ2) is 8.61. The largest absolute Gasteiger partial charge is 0.484 e. The van der Waals surface area contributed by atoms with Crippen molar-refractivity contribution < 1.29 is 13.9 Å². The maximum absolute atomic E-state index is 12.7. The normalized spacial score (nSPS) is 10.9. The molecule has 28 heavy (non-hydrogen) atoms. The monoisotopic (exact) mass is 396 g/mol. The van der Waals surface area contributed by atoms with E-state index in [1.165, 1.54) is 22.9 Å². The molecule has 6 heteroatoms. The molecular weight excluding hydrogens is 372 g/mol. The second-order valence-electron chi connectivity index (χ2n) is 6.89. The van der Waals surface area contributed by atoms with Gasteiger partial charge in [0.1, 0.15) is 5.75 Å². The molecule has 5 nitrogen and oxygen atoms in total. The van der Waals surface area contributed by atoms with Gasteiger partial charge in [-0.2, -0.15) is 0 Å². The fraction of sp³-hybridized carbons (Fsp3) is 0.318. The van der Waals surface area contributed by atoms with Crippen molar-refractivity contribution >= 4 is 17.5 Å². The molecule has 0 aliphatic heterocycles. The van der Waals surface area contributed by atoms with Crippen molar-refractivity contribution in [3.05, 3.63) is 69.6 Å². The minimum absolute atomic E-state index is 0.0597. The van der Waals surface area contributed by atoms with Gasteiger partial charge in [-0.05, 0) is 80.6 Å². The highest BCUT2D eigenvalue weighted by Gasteiger charge is 2.16. The van der Waals surface area contributed by atoms with Gasteiger partial charge < -0.3 is 9.15 Å². The Morgan fingerprint density at radius 3 is 2.57 bits per heavy atom. The maximum atomic E-state index is 12.7. The van der Waals surface area contributed by atoms with Gasteiger partial charge in [-0.1, -0.05) is 23.9 Å². The Labute approximate surface area is 169 Å². The molecular formula is C22H24N2O3S. The van der Waals surface area contributed by atoms with E-state index in [1.807, 2.05) is 51.1 Å². The zero-order valence-electron chi connectivity index (χ0n) is 16.8. The van der Waals surface area contributed by atoms with Gasteiger partial charge in [-0.15, -0.1) is 10.2 Å². The molecule has 0 unspecified atom stereocenters. The van der Waals surface area contributed by atoms with Crippen molar-refractivity contribution in [1.29, 1.82) is 0 Å². The number of nitrogens with zero attached hydrogens (tertiary/aromatic N) is 2. The molecule has 0 bridgehead atoms. The van der Waals surface area contributed by atoms with Crippen LogP contribution >= 0.6 is 11.8 Å². The molecule has 1 aromatic heterocycles. The fourth-order valence-corrected chi connectivity index (χ4v) is 3.58. The summed E-state index contributed by atoms with van der Waals surface area (Å²) in [6.07, 6.45) is 0. The van der Waals surface area contributed by atoms with Gasteiger partial charge in [0.25, 0.3) is 11.1 Å². The molecule has 0 saturated carbocycles. The van der Waals surface area contributed by atoms with Gasteiger partial charge in [-0.25, -0.2) is 0 Å². The third kappa shape index (κ3) is 4.62. The van der Waals surface area contributed by atoms with Crippen LogP contribution in [0.3, 0.4) is 0 Å². The molecule has 0 fully saturated rings. The first-order valence-electron chi connectivity index (χ1n) is 9.10. The minimum atomic E-state index is 0.0597. The SMILES string of the molecule is Cc1cccc(OCc2nnc(SCC(=O)c3cc(C)c(C)c(C)c3C)o2)c1. The van der Waals surface area contributed by atoms with Crippen molar-refractivity contribution in [2.75, 3.05) is 5.75 Å². The number of Topliss-reactive ketones (excluding diaryl/α,β-unsaturated/α-hetero) is 1. The number of rotatable bonds is 7. The van der Waals surface area contributed by atoms with E-state index in [2.05, 4.69) is 24.0 Å². The number of carbonyl (C=O) groups is 1. The van der Waals surface area contributed by atoms with Crippen LogP contribution in [0, 0.1) is 34.6 Å². The summed E-state index contributed by atoms with van der Waals surface area (Å²) in [6.45, 7) is 10.4. The van der Waals surface area contributed by atoms with E-state index in [0.29, 0.717) is 11.1 Å². The van der Waals surface area contributed by atoms with Crippen molar-refractivity contribution in [3.63, 3.8) is 0 Å². The number of ketones is 1. The summed E-state index contributed by atoms with van der Waals surface area (Å²) in [5.41, 5.74) is 6.44. The number of carbonyl (C=O) groups excluding carboxylic acids is 1. The maximum Gasteiger partial charge on any atom is 0.277 e. The number of aromatic nitrogens is 2. The number of thioether (sulfide) groups is 1. The Hall–Kier alpha value is -2.60. The zero-order chi connectivity index (χ0) is 20.3. The average molecular weight is 397 g/mol. The lowest BCUT2D eigenvalue weighted by molar-refractivity contribution is 0.102. The predicted octanol–water partition coefficient (Wildman–Crippen LogP) is 5.17. The first-order chi connectivity index (χ1) is 13.3. The predicted molar refractivity (Wildman–Crippen MR) is 110 cm³/mol. The van der Waals surface area contributed by atoms with Gasteiger partial charge in [0.05, 0.1) is 5.75 Å². The fourth-order valence-electron chi connectivity index (χ4n) is 2.91. The highest BCUT2D eigenvalue weighted by Crippen LogP contribution is 2.24. The van der Waals surface area contributed by atoms with Gasteiger partial charge in [0.15, 0.2) is 12.4 Å². The number of benzene rings is 2. The Bertz CT molecular complexity index is 1010. The Kier molecular flexibility index (Phi) is 6.19. The molecule has 0 atom stereocenters. The Morgan fingerprint density at radius 1 is 1.04 bits per heavy atom. The third-order valence-electron chi connectivity index (χ3n) is 4.91. The topological polar surface area (TPSA) is 65.2 Å². The number of hydrogen-bond donors (Lipinski definition) is 0. The van der Waals surface area contributed by atoms with Crippen molar-refractivity contribution in [2.45, 2.75) is 46.4 Å². The molecule has 0 spiro atoms. The van der Waals surface area contributed by atoms with Crippen LogP contribution in [-0.2, 0) is 6.61 Å². The quantitative estimate of drug-likeness (QED) is 0.406. The van der Waals surface area contributed by atoms with E-state index in [0.717, 1.165) is 28.0 Å². The van der Waals surface area contributed by atoms with Gasteiger partial charge in [0, 0.05) is 5.56 Å². The first kappa shape index (κ1) is 20.1. The summed E-state index contributed by atoms with van der Waals surface area (Å²) in [4.78, 5) is 12.7. The van der Waals surface area contributed by atoms with E-state index >= 15 is 0 Å². The molecule has 0 radical (unpaired) electrons. The van der Waals surface area contributed by atoms with Crippen LogP contribution in [0.1, 0.15) is 44.1 Å². The molecule has 2 aromatic carbocycles. The molecule has 146 valence electrons. The summed E-state index contributed by atoms with van der Waals surface area (Å²) in [6, 6.07) is 9.73. The third-order valence-corrected chi connectivity index (χ3v) is 5.73. The summed E-state index contributed by atoms with van der Waals surface area (Å²) in [5.74, 6) is 1.45. The van der Waals surface area contributed by atoms with Gasteiger partial charge >= 0.3 is 0 Å². The van der Waals surface area contributed by atoms with Crippen molar-refractivity contribution in [1.82, 2.24) is 10.2 Å². The molecule has 0 amide bonds. The van der Waals surface area contributed by atoms with Crippen LogP contribution in [0.2, 0.25) is 0 Å². The lowest BCUT2D eigenvalue weighted by atomic mass is 9.93. The molecule has 3 rings (SSSR count). The summed E-state index contributed by atoms with van der Waals surface area (Å²) in [5, 5.41) is 8.36. The van der Waals surface area contributed by atoms with E-state index in [4.69, 9.17) is 9.15 Å². The lowest BCUT2D eigenvalue weighted by Crippen LogP contribution is -2.08. The van der Waals surface area contributed by atoms with Crippen molar-refractivity contribution in [2.24, 2.45) is 0 Å². The number of aryl methyl sites for hydroxylation is 2. The summed E-state index contributed by atoms with van der Waals surface area (Å²) >= 11 is 1.25. The zero-order valence-corrected chi connectivity index (χ0v) is 17.6. The molecule has 0 saturated heterocycles. The van der Waals surface area contributed by atoms with Crippen LogP contribution in [-0.4, -0.2) is 21.7 Å². The van der Waals surface area contributed by atoms with E-state index in [9.17, 15) is 4.79 Å². The van der Waals surface area contributed by atoms with E-state index < -0.39 is 0 Å². The highest BCUT2D eigenvalue weighted by atomic mass is 32.2. The Morgan fingerprint density at radius 2 is 1.82 bits per heavy atom. The smallest absolute Gasteiger partial charge is 0.277 e. The average Bonchev–Trinajstić information content (AvgIpc) is 3.13. The molecule has 0 N–H and O–H groups in total. The molecule has 1 heterocycles. The van der Waals surface area contributed by atoms with Gasteiger partial charge in [-0.3, -0.25) is 4.79 Å². The molecule has 0 aliphatic rings. The lowest BCUT2D eigenvalue weighted by Gasteiger charge is -2.13. The summed E-state index contributed by atoms with van der Waals surface area (Å²) in [7, 11) is 0. The van der Waals surface area contributed by atoms with Crippen LogP contribution in [0.4, 0.5) is 0 Å². The Balaban J connectivity index is 1.59. The summed E-state index contributed by atoms with van der Waals surface area (Å²) < 4.78 is 11.2. The minimum Gasteiger partial charge on any atom is -0.484 e. The standard InChI is InChI=1S/C22H24N2O3S/c1-13-7-6-8-18(9-13)26-11-21-23-24-22(27-21)28-12-20(25)19-10-14(2)15(3)16(4)17(19)5/h6-10H,11-12H2,1-5H3. The van der Waals surface area contributed by atoms with Crippen LogP contribution in [0.25, 0.3) is 0 Å². The van der Waals surface area contributed by atoms with Crippen LogP contribution < -0.4 is 4.74 Å². The van der Waals surface area contributed by atoms with Crippen molar-refractivity contribution in [3.8, 4) is 5.75 Å².